The fourth-order valence-corrected chi connectivity index (χ4v) is 3.00. The number of hydrogen-bond donors (Lipinski definition) is 0. The first kappa shape index (κ1) is 14.5. The summed E-state index contributed by atoms with van der Waals surface area (Å²) in [5, 5.41) is 3.18. The van der Waals surface area contributed by atoms with Crippen molar-refractivity contribution in [2.24, 2.45) is 11.8 Å². The van der Waals surface area contributed by atoms with Crippen LogP contribution in [0.4, 0.5) is 5.00 Å². The van der Waals surface area contributed by atoms with Crippen molar-refractivity contribution in [3.05, 3.63) is 15.9 Å². The van der Waals surface area contributed by atoms with Crippen LogP contribution in [0, 0.1) is 11.8 Å². The lowest BCUT2D eigenvalue weighted by Gasteiger charge is -2.25. The number of esters is 1. The SMILES string of the molecule is COC(=O)C(CN(C)c1cc(Br)cs1)C(C)C. The Morgan fingerprint density at radius 3 is 2.65 bits per heavy atom. The molecule has 0 fully saturated rings. The number of rotatable bonds is 5. The third-order valence-corrected chi connectivity index (χ3v) is 4.51. The van der Waals surface area contributed by atoms with E-state index in [1.54, 1.807) is 11.3 Å². The predicted molar refractivity (Wildman–Crippen MR) is 75.6 cm³/mol. The largest absolute Gasteiger partial charge is 0.469 e. The Bertz CT molecular complexity index is 378. The maximum Gasteiger partial charge on any atom is 0.310 e. The van der Waals surface area contributed by atoms with E-state index in [1.165, 1.54) is 7.11 Å². The highest BCUT2D eigenvalue weighted by atomic mass is 79.9. The summed E-state index contributed by atoms with van der Waals surface area (Å²) in [4.78, 5) is 13.8. The van der Waals surface area contributed by atoms with Crippen LogP contribution in [-0.4, -0.2) is 26.7 Å². The van der Waals surface area contributed by atoms with Gasteiger partial charge in [0.25, 0.3) is 0 Å². The number of methoxy groups -OCH3 is 1. The van der Waals surface area contributed by atoms with E-state index in [4.69, 9.17) is 4.74 Å². The topological polar surface area (TPSA) is 29.5 Å². The van der Waals surface area contributed by atoms with Crippen molar-refractivity contribution in [1.82, 2.24) is 0 Å². The molecule has 1 atom stereocenters. The van der Waals surface area contributed by atoms with E-state index in [0.29, 0.717) is 6.54 Å². The van der Waals surface area contributed by atoms with E-state index in [2.05, 4.69) is 26.9 Å². The molecule has 1 unspecified atom stereocenters. The molecule has 0 aliphatic rings. The van der Waals surface area contributed by atoms with Crippen molar-refractivity contribution in [3.8, 4) is 0 Å². The minimum absolute atomic E-state index is 0.0918. The van der Waals surface area contributed by atoms with Crippen molar-refractivity contribution in [2.45, 2.75) is 13.8 Å². The van der Waals surface area contributed by atoms with Gasteiger partial charge in [-0.15, -0.1) is 11.3 Å². The summed E-state index contributed by atoms with van der Waals surface area (Å²) in [6.07, 6.45) is 0. The molecule has 1 rings (SSSR count). The van der Waals surface area contributed by atoms with Crippen LogP contribution >= 0.6 is 27.3 Å². The van der Waals surface area contributed by atoms with Crippen LogP contribution in [-0.2, 0) is 9.53 Å². The Morgan fingerprint density at radius 2 is 2.24 bits per heavy atom. The van der Waals surface area contributed by atoms with Gasteiger partial charge in [-0.25, -0.2) is 0 Å². The second-order valence-electron chi connectivity index (χ2n) is 4.36. The Morgan fingerprint density at radius 1 is 1.59 bits per heavy atom. The van der Waals surface area contributed by atoms with Crippen LogP contribution in [0.3, 0.4) is 0 Å². The molecule has 1 aromatic rings. The summed E-state index contributed by atoms with van der Waals surface area (Å²) >= 11 is 5.09. The van der Waals surface area contributed by atoms with Crippen LogP contribution in [0.1, 0.15) is 13.8 Å². The van der Waals surface area contributed by atoms with Gasteiger partial charge < -0.3 is 9.64 Å². The molecule has 0 saturated heterocycles. The molecule has 0 amide bonds. The normalized spacial score (nSPS) is 12.6. The summed E-state index contributed by atoms with van der Waals surface area (Å²) in [6, 6.07) is 2.05. The molecule has 1 heterocycles. The molecule has 17 heavy (non-hydrogen) atoms. The van der Waals surface area contributed by atoms with Crippen molar-refractivity contribution < 1.29 is 9.53 Å². The first-order valence-corrected chi connectivity index (χ1v) is 7.16. The average Bonchev–Trinajstić information content (AvgIpc) is 2.71. The van der Waals surface area contributed by atoms with E-state index in [-0.39, 0.29) is 17.8 Å². The van der Waals surface area contributed by atoms with Crippen molar-refractivity contribution >= 4 is 38.2 Å². The minimum Gasteiger partial charge on any atom is -0.469 e. The number of thiophene rings is 1. The number of nitrogens with zero attached hydrogens (tertiary/aromatic N) is 1. The van der Waals surface area contributed by atoms with Crippen molar-refractivity contribution in [2.75, 3.05) is 25.6 Å². The molecule has 5 heteroatoms. The smallest absolute Gasteiger partial charge is 0.310 e. The molecule has 0 saturated carbocycles. The second-order valence-corrected chi connectivity index (χ2v) is 6.16. The summed E-state index contributed by atoms with van der Waals surface area (Å²) in [5.41, 5.74) is 0. The van der Waals surface area contributed by atoms with Crippen LogP contribution in [0.15, 0.2) is 15.9 Å². The van der Waals surface area contributed by atoms with E-state index >= 15 is 0 Å². The molecule has 1 aromatic heterocycles. The summed E-state index contributed by atoms with van der Waals surface area (Å²) in [5.74, 6) is 0.0432. The number of hydrogen-bond acceptors (Lipinski definition) is 4. The number of carbonyl (C=O) groups excluding carboxylic acids is 1. The van der Waals surface area contributed by atoms with Gasteiger partial charge in [0.1, 0.15) is 0 Å². The Kier molecular flexibility index (Phi) is 5.46. The van der Waals surface area contributed by atoms with Crippen molar-refractivity contribution in [1.29, 1.82) is 0 Å². The quantitative estimate of drug-likeness (QED) is 0.779. The van der Waals surface area contributed by atoms with Gasteiger partial charge >= 0.3 is 5.97 Å². The highest BCUT2D eigenvalue weighted by molar-refractivity contribution is 9.10. The molecule has 0 radical (unpaired) electrons. The molecule has 0 bridgehead atoms. The molecule has 96 valence electrons. The lowest BCUT2D eigenvalue weighted by Crippen LogP contribution is -2.34. The van der Waals surface area contributed by atoms with E-state index in [0.717, 1.165) is 9.47 Å². The summed E-state index contributed by atoms with van der Waals surface area (Å²) < 4.78 is 5.92. The maximum atomic E-state index is 11.7. The maximum absolute atomic E-state index is 11.7. The molecule has 0 aliphatic heterocycles. The zero-order chi connectivity index (χ0) is 13.0. The first-order valence-electron chi connectivity index (χ1n) is 5.48. The molecular formula is C12H18BrNO2S. The van der Waals surface area contributed by atoms with Gasteiger partial charge in [0.15, 0.2) is 0 Å². The van der Waals surface area contributed by atoms with Crippen LogP contribution < -0.4 is 4.90 Å². The van der Waals surface area contributed by atoms with Crippen LogP contribution in [0.5, 0.6) is 0 Å². The third kappa shape index (κ3) is 4.00. The van der Waals surface area contributed by atoms with E-state index < -0.39 is 0 Å². The van der Waals surface area contributed by atoms with Gasteiger partial charge in [0, 0.05) is 23.4 Å². The zero-order valence-corrected chi connectivity index (χ0v) is 13.0. The highest BCUT2D eigenvalue weighted by Gasteiger charge is 2.25. The van der Waals surface area contributed by atoms with Gasteiger partial charge in [-0.05, 0) is 27.9 Å². The number of anilines is 1. The van der Waals surface area contributed by atoms with Gasteiger partial charge in [0.2, 0.25) is 0 Å². The van der Waals surface area contributed by atoms with Crippen LogP contribution in [0.25, 0.3) is 0 Å². The minimum atomic E-state index is -0.137. The molecule has 0 spiro atoms. The van der Waals surface area contributed by atoms with Crippen LogP contribution in [0.2, 0.25) is 0 Å². The first-order chi connectivity index (χ1) is 7.95. The molecule has 0 aromatic carbocycles. The number of ether oxygens (including phenoxy) is 1. The van der Waals surface area contributed by atoms with Gasteiger partial charge in [-0.3, -0.25) is 4.79 Å². The Balaban J connectivity index is 2.70. The fourth-order valence-electron chi connectivity index (χ4n) is 1.60. The standard InChI is InChI=1S/C12H18BrNO2S/c1-8(2)10(12(15)16-4)6-14(3)11-5-9(13)7-17-11/h5,7-8,10H,6H2,1-4H3. The van der Waals surface area contributed by atoms with Crippen molar-refractivity contribution in [3.63, 3.8) is 0 Å². The summed E-state index contributed by atoms with van der Waals surface area (Å²) in [7, 11) is 3.44. The number of carbonyl (C=O) groups is 1. The zero-order valence-electron chi connectivity index (χ0n) is 10.6. The lowest BCUT2D eigenvalue weighted by atomic mass is 9.95. The molecule has 0 N–H and O–H groups in total. The predicted octanol–water partition coefficient (Wildman–Crippen LogP) is 3.39. The lowest BCUT2D eigenvalue weighted by molar-refractivity contribution is -0.146. The third-order valence-electron chi connectivity index (χ3n) is 2.71. The Labute approximate surface area is 115 Å². The summed E-state index contributed by atoms with van der Waals surface area (Å²) in [6.45, 7) is 4.76. The monoisotopic (exact) mass is 319 g/mol. The highest BCUT2D eigenvalue weighted by Crippen LogP contribution is 2.28. The van der Waals surface area contributed by atoms with Gasteiger partial charge in [-0.2, -0.15) is 0 Å². The molecular weight excluding hydrogens is 302 g/mol. The molecule has 0 aliphatic carbocycles. The Hall–Kier alpha value is -0.550. The van der Waals surface area contributed by atoms with E-state index in [9.17, 15) is 4.79 Å². The van der Waals surface area contributed by atoms with Gasteiger partial charge in [0.05, 0.1) is 18.0 Å². The molecule has 3 nitrogen and oxygen atoms in total. The average molecular weight is 320 g/mol. The fraction of sp³-hybridized carbons (Fsp3) is 0.583. The van der Waals surface area contributed by atoms with Gasteiger partial charge in [-0.1, -0.05) is 13.8 Å². The van der Waals surface area contributed by atoms with E-state index in [1.807, 2.05) is 26.3 Å². The number of halogens is 1. The second kappa shape index (κ2) is 6.40.